The number of benzene rings is 1. The van der Waals surface area contributed by atoms with Crippen LogP contribution >= 0.6 is 34.2 Å². The highest BCUT2D eigenvalue weighted by molar-refractivity contribution is 14.1. The van der Waals surface area contributed by atoms with Gasteiger partial charge in [-0.1, -0.05) is 11.6 Å². The second-order valence-corrected chi connectivity index (χ2v) is 5.21. The summed E-state index contributed by atoms with van der Waals surface area (Å²) < 4.78 is 11.8. The van der Waals surface area contributed by atoms with Crippen molar-refractivity contribution in [3.05, 3.63) is 33.1 Å². The molecule has 2 heterocycles. The number of rotatable bonds is 1. The Balaban J connectivity index is 2.03. The van der Waals surface area contributed by atoms with Gasteiger partial charge in [-0.05, 0) is 40.8 Å². The zero-order valence-corrected chi connectivity index (χ0v) is 12.1. The fourth-order valence-corrected chi connectivity index (χ4v) is 2.06. The van der Waals surface area contributed by atoms with E-state index in [0.717, 1.165) is 20.6 Å². The largest absolute Gasteiger partial charge is 0.486 e. The average molecular weight is 375 g/mol. The van der Waals surface area contributed by atoms with Gasteiger partial charge >= 0.3 is 0 Å². The standard InChI is InChI=1S/C12H8ClIN2O2/c13-11-8(14)6-15-12(16-11)7-1-2-9-10(5-7)18-4-3-17-9/h1-2,5-6H,3-4H2. The Kier molecular flexibility index (Phi) is 3.25. The van der Waals surface area contributed by atoms with Crippen LogP contribution in [0.2, 0.25) is 5.15 Å². The minimum Gasteiger partial charge on any atom is -0.486 e. The van der Waals surface area contributed by atoms with Gasteiger partial charge in [0.15, 0.2) is 17.3 Å². The van der Waals surface area contributed by atoms with Crippen molar-refractivity contribution in [2.45, 2.75) is 0 Å². The predicted molar refractivity (Wildman–Crippen MR) is 76.2 cm³/mol. The van der Waals surface area contributed by atoms with Crippen molar-refractivity contribution in [1.29, 1.82) is 0 Å². The monoisotopic (exact) mass is 374 g/mol. The van der Waals surface area contributed by atoms with E-state index in [1.807, 2.05) is 18.2 Å². The molecule has 18 heavy (non-hydrogen) atoms. The Morgan fingerprint density at radius 1 is 1.17 bits per heavy atom. The smallest absolute Gasteiger partial charge is 0.162 e. The first kappa shape index (κ1) is 12.0. The molecule has 1 aliphatic rings. The molecule has 0 N–H and O–H groups in total. The van der Waals surface area contributed by atoms with Crippen LogP contribution in [0.4, 0.5) is 0 Å². The highest BCUT2D eigenvalue weighted by atomic mass is 127. The third-order valence-corrected chi connectivity index (χ3v) is 3.90. The number of fused-ring (bicyclic) bond motifs is 1. The molecule has 0 saturated heterocycles. The lowest BCUT2D eigenvalue weighted by atomic mass is 10.2. The highest BCUT2D eigenvalue weighted by Gasteiger charge is 2.14. The van der Waals surface area contributed by atoms with Crippen LogP contribution in [-0.2, 0) is 0 Å². The summed E-state index contributed by atoms with van der Waals surface area (Å²) in [4.78, 5) is 8.50. The Bertz CT molecular complexity index is 607. The average Bonchev–Trinajstić information content (AvgIpc) is 2.41. The molecule has 0 aliphatic carbocycles. The maximum absolute atomic E-state index is 5.99. The van der Waals surface area contributed by atoms with Crippen LogP contribution in [0.5, 0.6) is 11.5 Å². The van der Waals surface area contributed by atoms with Crippen molar-refractivity contribution in [2.75, 3.05) is 13.2 Å². The summed E-state index contributed by atoms with van der Waals surface area (Å²) in [5.74, 6) is 2.05. The number of ether oxygens (including phenoxy) is 2. The highest BCUT2D eigenvalue weighted by Crippen LogP contribution is 2.33. The topological polar surface area (TPSA) is 44.2 Å². The quantitative estimate of drug-likeness (QED) is 0.568. The van der Waals surface area contributed by atoms with Crippen LogP contribution in [0.15, 0.2) is 24.4 Å². The van der Waals surface area contributed by atoms with Crippen LogP contribution in [0.1, 0.15) is 0 Å². The van der Waals surface area contributed by atoms with Crippen LogP contribution in [-0.4, -0.2) is 23.2 Å². The number of aromatic nitrogens is 2. The first-order valence-corrected chi connectivity index (χ1v) is 6.78. The summed E-state index contributed by atoms with van der Waals surface area (Å²) in [6.07, 6.45) is 1.70. The van der Waals surface area contributed by atoms with E-state index < -0.39 is 0 Å². The molecule has 4 nitrogen and oxygen atoms in total. The van der Waals surface area contributed by atoms with Gasteiger partial charge in [0.1, 0.15) is 18.4 Å². The second-order valence-electron chi connectivity index (χ2n) is 3.69. The molecule has 0 saturated carbocycles. The van der Waals surface area contributed by atoms with E-state index in [1.165, 1.54) is 0 Å². The lowest BCUT2D eigenvalue weighted by Crippen LogP contribution is -2.15. The number of halogens is 2. The molecule has 0 radical (unpaired) electrons. The molecule has 6 heteroatoms. The van der Waals surface area contributed by atoms with Gasteiger partial charge in [0, 0.05) is 11.8 Å². The van der Waals surface area contributed by atoms with Crippen molar-refractivity contribution < 1.29 is 9.47 Å². The molecule has 0 atom stereocenters. The Morgan fingerprint density at radius 3 is 2.72 bits per heavy atom. The fraction of sp³-hybridized carbons (Fsp3) is 0.167. The van der Waals surface area contributed by atoms with Crippen LogP contribution in [0.25, 0.3) is 11.4 Å². The van der Waals surface area contributed by atoms with Crippen LogP contribution in [0.3, 0.4) is 0 Å². The maximum atomic E-state index is 5.99. The van der Waals surface area contributed by atoms with E-state index in [0.29, 0.717) is 24.2 Å². The molecule has 3 rings (SSSR count). The molecule has 1 aromatic carbocycles. The second kappa shape index (κ2) is 4.89. The molecule has 0 spiro atoms. The van der Waals surface area contributed by atoms with Gasteiger partial charge < -0.3 is 9.47 Å². The lowest BCUT2D eigenvalue weighted by Gasteiger charge is -2.18. The van der Waals surface area contributed by atoms with Crippen LogP contribution < -0.4 is 9.47 Å². The van der Waals surface area contributed by atoms with Gasteiger partial charge in [-0.2, -0.15) is 0 Å². The first-order valence-electron chi connectivity index (χ1n) is 5.32. The van der Waals surface area contributed by atoms with Gasteiger partial charge in [-0.25, -0.2) is 9.97 Å². The maximum Gasteiger partial charge on any atom is 0.162 e. The molecule has 0 unspecified atom stereocenters. The number of nitrogens with zero attached hydrogens (tertiary/aromatic N) is 2. The summed E-state index contributed by atoms with van der Waals surface area (Å²) >= 11 is 8.09. The van der Waals surface area contributed by atoms with Gasteiger partial charge in [0.05, 0.1) is 3.57 Å². The summed E-state index contributed by atoms with van der Waals surface area (Å²) in [5, 5.41) is 0.454. The molecule has 1 aliphatic heterocycles. The molecule has 0 bridgehead atoms. The Morgan fingerprint density at radius 2 is 1.94 bits per heavy atom. The van der Waals surface area contributed by atoms with Gasteiger partial charge in [0.25, 0.3) is 0 Å². The summed E-state index contributed by atoms with van der Waals surface area (Å²) in [5.41, 5.74) is 0.859. The minimum atomic E-state index is 0.454. The van der Waals surface area contributed by atoms with Crippen molar-refractivity contribution in [1.82, 2.24) is 9.97 Å². The molecule has 92 valence electrons. The van der Waals surface area contributed by atoms with Gasteiger partial charge in [-0.3, -0.25) is 0 Å². The molecule has 1 aromatic heterocycles. The van der Waals surface area contributed by atoms with Crippen molar-refractivity contribution in [3.63, 3.8) is 0 Å². The van der Waals surface area contributed by atoms with E-state index in [2.05, 4.69) is 32.6 Å². The van der Waals surface area contributed by atoms with Crippen molar-refractivity contribution >= 4 is 34.2 Å². The van der Waals surface area contributed by atoms with Gasteiger partial charge in [-0.15, -0.1) is 0 Å². The third-order valence-electron chi connectivity index (χ3n) is 2.50. The normalized spacial score (nSPS) is 13.4. The van der Waals surface area contributed by atoms with E-state index in [4.69, 9.17) is 21.1 Å². The van der Waals surface area contributed by atoms with Crippen LogP contribution in [0, 0.1) is 3.57 Å². The minimum absolute atomic E-state index is 0.454. The molecule has 2 aromatic rings. The Labute approximate surface area is 122 Å². The molecular formula is C12H8ClIN2O2. The number of hydrogen-bond donors (Lipinski definition) is 0. The Hall–Kier alpha value is -1.08. The van der Waals surface area contributed by atoms with E-state index in [1.54, 1.807) is 6.20 Å². The molecule has 0 fully saturated rings. The zero-order valence-electron chi connectivity index (χ0n) is 9.19. The number of hydrogen-bond acceptors (Lipinski definition) is 4. The first-order chi connectivity index (χ1) is 8.74. The predicted octanol–water partition coefficient (Wildman–Crippen LogP) is 3.17. The van der Waals surface area contributed by atoms with E-state index >= 15 is 0 Å². The van der Waals surface area contributed by atoms with Gasteiger partial charge in [0.2, 0.25) is 0 Å². The molecular weight excluding hydrogens is 367 g/mol. The molecule has 0 amide bonds. The van der Waals surface area contributed by atoms with Crippen molar-refractivity contribution in [2.24, 2.45) is 0 Å². The summed E-state index contributed by atoms with van der Waals surface area (Å²) in [6.45, 7) is 1.14. The zero-order chi connectivity index (χ0) is 12.5. The van der Waals surface area contributed by atoms with E-state index in [-0.39, 0.29) is 0 Å². The van der Waals surface area contributed by atoms with E-state index in [9.17, 15) is 0 Å². The lowest BCUT2D eigenvalue weighted by molar-refractivity contribution is 0.171. The SMILES string of the molecule is Clc1nc(-c2ccc3c(c2)OCCO3)ncc1I. The summed E-state index contributed by atoms with van der Waals surface area (Å²) in [7, 11) is 0. The fourth-order valence-electron chi connectivity index (χ4n) is 1.67. The van der Waals surface area contributed by atoms with Crippen molar-refractivity contribution in [3.8, 4) is 22.9 Å². The third kappa shape index (κ3) is 2.24. The summed E-state index contributed by atoms with van der Waals surface area (Å²) in [6, 6.07) is 5.62.